The number of carboxylic acids is 1. The number of hydrogen-bond donors (Lipinski definition) is 1. The highest BCUT2D eigenvalue weighted by atomic mass is 19.1. The maximum absolute atomic E-state index is 12.8. The molecule has 0 heterocycles. The van der Waals surface area contributed by atoms with Crippen molar-refractivity contribution in [3.8, 4) is 5.75 Å². The fourth-order valence-corrected chi connectivity index (χ4v) is 1.20. The summed E-state index contributed by atoms with van der Waals surface area (Å²) in [5, 5.41) is 8.83. The number of allylic oxidation sites excluding steroid dienone is 1. The van der Waals surface area contributed by atoms with Gasteiger partial charge in [0.1, 0.15) is 17.1 Å². The zero-order chi connectivity index (χ0) is 12.0. The molecule has 0 bridgehead atoms. The molecule has 0 aromatic heterocycles. The van der Waals surface area contributed by atoms with Crippen molar-refractivity contribution >= 4 is 5.97 Å². The third-order valence-corrected chi connectivity index (χ3v) is 1.98. The minimum Gasteiger partial charge on any atom is -0.493 e. The molecule has 1 aromatic rings. The van der Waals surface area contributed by atoms with E-state index >= 15 is 0 Å². The smallest absolute Gasteiger partial charge is 0.339 e. The summed E-state index contributed by atoms with van der Waals surface area (Å²) < 4.78 is 18.1. The van der Waals surface area contributed by atoms with E-state index in [2.05, 4.69) is 6.58 Å². The van der Waals surface area contributed by atoms with E-state index in [-0.39, 0.29) is 11.3 Å². The highest BCUT2D eigenvalue weighted by Crippen LogP contribution is 2.20. The van der Waals surface area contributed by atoms with Crippen LogP contribution < -0.4 is 4.74 Å². The predicted octanol–water partition coefficient (Wildman–Crippen LogP) is 2.87. The molecule has 0 saturated heterocycles. The van der Waals surface area contributed by atoms with Crippen molar-refractivity contribution in [2.45, 2.75) is 12.8 Å². The lowest BCUT2D eigenvalue weighted by molar-refractivity contribution is 0.0691. The Kier molecular flexibility index (Phi) is 4.51. The van der Waals surface area contributed by atoms with Gasteiger partial charge in [-0.3, -0.25) is 0 Å². The Morgan fingerprint density at radius 2 is 2.31 bits per heavy atom. The van der Waals surface area contributed by atoms with Gasteiger partial charge in [0.15, 0.2) is 0 Å². The second kappa shape index (κ2) is 5.90. The molecular weight excluding hydrogens is 211 g/mol. The van der Waals surface area contributed by atoms with Gasteiger partial charge in [0.2, 0.25) is 0 Å². The Hall–Kier alpha value is -1.84. The van der Waals surface area contributed by atoms with Crippen LogP contribution in [0.2, 0.25) is 0 Å². The van der Waals surface area contributed by atoms with E-state index in [1.807, 2.05) is 0 Å². The number of halogens is 1. The van der Waals surface area contributed by atoms with Crippen LogP contribution in [0.25, 0.3) is 0 Å². The summed E-state index contributed by atoms with van der Waals surface area (Å²) in [6.07, 6.45) is 3.30. The first-order chi connectivity index (χ1) is 7.65. The van der Waals surface area contributed by atoms with Crippen molar-refractivity contribution in [1.29, 1.82) is 0 Å². The van der Waals surface area contributed by atoms with E-state index in [9.17, 15) is 9.18 Å². The minimum atomic E-state index is -1.20. The van der Waals surface area contributed by atoms with Crippen molar-refractivity contribution in [2.75, 3.05) is 6.61 Å². The molecule has 1 N–H and O–H groups in total. The summed E-state index contributed by atoms with van der Waals surface area (Å²) >= 11 is 0. The van der Waals surface area contributed by atoms with Crippen LogP contribution in [-0.2, 0) is 0 Å². The van der Waals surface area contributed by atoms with Crippen molar-refractivity contribution in [2.24, 2.45) is 0 Å². The lowest BCUT2D eigenvalue weighted by atomic mass is 10.2. The maximum atomic E-state index is 12.8. The molecule has 0 spiro atoms. The Bertz CT molecular complexity index is 388. The highest BCUT2D eigenvalue weighted by molar-refractivity contribution is 5.90. The molecule has 0 fully saturated rings. The van der Waals surface area contributed by atoms with E-state index in [1.54, 1.807) is 6.08 Å². The number of carbonyl (C=O) groups is 1. The second-order valence-electron chi connectivity index (χ2n) is 3.22. The first kappa shape index (κ1) is 12.2. The molecule has 0 aliphatic rings. The number of unbranched alkanes of at least 4 members (excludes halogenated alkanes) is 1. The molecule has 0 amide bonds. The zero-order valence-corrected chi connectivity index (χ0v) is 8.78. The van der Waals surface area contributed by atoms with Gasteiger partial charge in [0, 0.05) is 0 Å². The minimum absolute atomic E-state index is 0.154. The molecule has 16 heavy (non-hydrogen) atoms. The van der Waals surface area contributed by atoms with Gasteiger partial charge in [0.05, 0.1) is 6.61 Å². The van der Waals surface area contributed by atoms with Crippen LogP contribution in [0.5, 0.6) is 5.75 Å². The highest BCUT2D eigenvalue weighted by Gasteiger charge is 2.12. The molecule has 0 radical (unpaired) electrons. The Balaban J connectivity index is 2.71. The molecule has 1 aromatic carbocycles. The summed E-state index contributed by atoms with van der Waals surface area (Å²) in [5.41, 5.74) is -0.154. The molecule has 0 unspecified atom stereocenters. The van der Waals surface area contributed by atoms with Crippen LogP contribution in [0, 0.1) is 5.82 Å². The molecule has 1 rings (SSSR count). The standard InChI is InChI=1S/C12H13FO3/c1-2-3-4-7-16-11-6-5-9(13)8-10(11)12(14)15/h2,5-6,8H,1,3-4,7H2,(H,14,15). The summed E-state index contributed by atoms with van der Waals surface area (Å²) in [6, 6.07) is 3.45. The molecule has 0 aliphatic carbocycles. The van der Waals surface area contributed by atoms with Gasteiger partial charge in [0.25, 0.3) is 0 Å². The van der Waals surface area contributed by atoms with Gasteiger partial charge in [-0.1, -0.05) is 6.08 Å². The van der Waals surface area contributed by atoms with E-state index in [4.69, 9.17) is 9.84 Å². The third kappa shape index (κ3) is 3.38. The Morgan fingerprint density at radius 3 is 2.94 bits per heavy atom. The van der Waals surface area contributed by atoms with E-state index in [0.717, 1.165) is 18.9 Å². The predicted molar refractivity (Wildman–Crippen MR) is 58.3 cm³/mol. The third-order valence-electron chi connectivity index (χ3n) is 1.98. The molecule has 0 saturated carbocycles. The van der Waals surface area contributed by atoms with E-state index in [0.29, 0.717) is 6.61 Å². The topological polar surface area (TPSA) is 46.5 Å². The first-order valence-corrected chi connectivity index (χ1v) is 4.91. The van der Waals surface area contributed by atoms with Gasteiger partial charge in [-0.05, 0) is 31.0 Å². The molecule has 0 atom stereocenters. The summed E-state index contributed by atoms with van der Waals surface area (Å²) in [6.45, 7) is 3.95. The monoisotopic (exact) mass is 224 g/mol. The van der Waals surface area contributed by atoms with Gasteiger partial charge in [-0.25, -0.2) is 9.18 Å². The Labute approximate surface area is 93.2 Å². The van der Waals surface area contributed by atoms with Crippen LogP contribution in [-0.4, -0.2) is 17.7 Å². The van der Waals surface area contributed by atoms with Crippen molar-refractivity contribution in [3.05, 3.63) is 42.2 Å². The first-order valence-electron chi connectivity index (χ1n) is 4.91. The molecule has 4 heteroatoms. The number of carboxylic acid groups (broad SMARTS) is 1. The number of hydrogen-bond acceptors (Lipinski definition) is 2. The molecule has 3 nitrogen and oxygen atoms in total. The number of rotatable bonds is 6. The van der Waals surface area contributed by atoms with Crippen LogP contribution in [0.15, 0.2) is 30.9 Å². The molecule has 0 aliphatic heterocycles. The molecular formula is C12H13FO3. The van der Waals surface area contributed by atoms with Crippen molar-refractivity contribution < 1.29 is 19.0 Å². The zero-order valence-electron chi connectivity index (χ0n) is 8.78. The van der Waals surface area contributed by atoms with Gasteiger partial charge < -0.3 is 9.84 Å². The van der Waals surface area contributed by atoms with Gasteiger partial charge in [-0.15, -0.1) is 6.58 Å². The van der Waals surface area contributed by atoms with Crippen LogP contribution in [0.1, 0.15) is 23.2 Å². The van der Waals surface area contributed by atoms with E-state index in [1.165, 1.54) is 12.1 Å². The number of ether oxygens (including phenoxy) is 1. The van der Waals surface area contributed by atoms with Crippen molar-refractivity contribution in [1.82, 2.24) is 0 Å². The lowest BCUT2D eigenvalue weighted by Gasteiger charge is -2.08. The van der Waals surface area contributed by atoms with Crippen molar-refractivity contribution in [3.63, 3.8) is 0 Å². The average molecular weight is 224 g/mol. The second-order valence-corrected chi connectivity index (χ2v) is 3.22. The number of benzene rings is 1. The van der Waals surface area contributed by atoms with E-state index < -0.39 is 11.8 Å². The lowest BCUT2D eigenvalue weighted by Crippen LogP contribution is -2.04. The fraction of sp³-hybridized carbons (Fsp3) is 0.250. The SMILES string of the molecule is C=CCCCOc1ccc(F)cc1C(=O)O. The normalized spacial score (nSPS) is 9.81. The van der Waals surface area contributed by atoms with Crippen LogP contribution >= 0.6 is 0 Å². The summed E-state index contributed by atoms with van der Waals surface area (Å²) in [5.74, 6) is -1.59. The summed E-state index contributed by atoms with van der Waals surface area (Å²) in [4.78, 5) is 10.8. The molecule has 86 valence electrons. The van der Waals surface area contributed by atoms with Crippen LogP contribution in [0.4, 0.5) is 4.39 Å². The fourth-order valence-electron chi connectivity index (χ4n) is 1.20. The van der Waals surface area contributed by atoms with Gasteiger partial charge in [-0.2, -0.15) is 0 Å². The van der Waals surface area contributed by atoms with Crippen LogP contribution in [0.3, 0.4) is 0 Å². The maximum Gasteiger partial charge on any atom is 0.339 e. The number of aromatic carboxylic acids is 1. The quantitative estimate of drug-likeness (QED) is 0.597. The largest absolute Gasteiger partial charge is 0.493 e. The average Bonchev–Trinajstić information content (AvgIpc) is 2.26. The Morgan fingerprint density at radius 1 is 1.56 bits per heavy atom. The van der Waals surface area contributed by atoms with Gasteiger partial charge >= 0.3 is 5.97 Å². The summed E-state index contributed by atoms with van der Waals surface area (Å²) in [7, 11) is 0.